The van der Waals surface area contributed by atoms with Gasteiger partial charge in [-0.3, -0.25) is 4.98 Å². The summed E-state index contributed by atoms with van der Waals surface area (Å²) in [6, 6.07) is 11.1. The maximum absolute atomic E-state index is 9.66. The van der Waals surface area contributed by atoms with E-state index in [1.165, 1.54) is 0 Å². The minimum atomic E-state index is 0.310. The summed E-state index contributed by atoms with van der Waals surface area (Å²) in [7, 11) is 1.65. The Morgan fingerprint density at radius 3 is 2.74 bits per heavy atom. The molecule has 0 saturated heterocycles. The van der Waals surface area contributed by atoms with Crippen LogP contribution in [0.5, 0.6) is 11.5 Å². The molecule has 1 aromatic heterocycles. The zero-order chi connectivity index (χ0) is 13.7. The number of benzene rings is 1. The van der Waals surface area contributed by atoms with Crippen LogP contribution in [-0.2, 0) is 13.1 Å². The summed E-state index contributed by atoms with van der Waals surface area (Å²) in [6.07, 6.45) is 0. The SMILES string of the molecule is COc1cc(C)nc(CNCc2ccccc2O)c1. The normalized spacial score (nSPS) is 10.4. The lowest BCUT2D eigenvalue weighted by Crippen LogP contribution is -2.14. The van der Waals surface area contributed by atoms with Gasteiger partial charge in [0.2, 0.25) is 0 Å². The Balaban J connectivity index is 1.96. The van der Waals surface area contributed by atoms with E-state index in [1.807, 2.05) is 37.3 Å². The van der Waals surface area contributed by atoms with E-state index < -0.39 is 0 Å². The Labute approximate surface area is 113 Å². The van der Waals surface area contributed by atoms with Crippen LogP contribution in [0.25, 0.3) is 0 Å². The van der Waals surface area contributed by atoms with Crippen LogP contribution >= 0.6 is 0 Å². The summed E-state index contributed by atoms with van der Waals surface area (Å²) >= 11 is 0. The number of aromatic hydroxyl groups is 1. The van der Waals surface area contributed by atoms with Crippen molar-refractivity contribution in [2.24, 2.45) is 0 Å². The number of nitrogens with one attached hydrogen (secondary N) is 1. The van der Waals surface area contributed by atoms with Crippen LogP contribution in [0.1, 0.15) is 17.0 Å². The van der Waals surface area contributed by atoms with Crippen LogP contribution in [0, 0.1) is 6.92 Å². The van der Waals surface area contributed by atoms with Crippen molar-refractivity contribution < 1.29 is 9.84 Å². The third-order valence-electron chi connectivity index (χ3n) is 2.83. The lowest BCUT2D eigenvalue weighted by atomic mass is 10.2. The molecule has 0 fully saturated rings. The Bertz CT molecular complexity index is 556. The van der Waals surface area contributed by atoms with Crippen molar-refractivity contribution in [3.05, 3.63) is 53.3 Å². The fourth-order valence-corrected chi connectivity index (χ4v) is 1.90. The predicted molar refractivity (Wildman–Crippen MR) is 74.2 cm³/mol. The Kier molecular flexibility index (Phi) is 4.36. The average Bonchev–Trinajstić information content (AvgIpc) is 2.40. The highest BCUT2D eigenvalue weighted by Gasteiger charge is 2.02. The van der Waals surface area contributed by atoms with Crippen LogP contribution in [0.3, 0.4) is 0 Å². The number of rotatable bonds is 5. The molecule has 100 valence electrons. The Morgan fingerprint density at radius 2 is 2.00 bits per heavy atom. The molecular weight excluding hydrogens is 240 g/mol. The maximum Gasteiger partial charge on any atom is 0.122 e. The molecule has 0 radical (unpaired) electrons. The molecule has 0 aliphatic heterocycles. The van der Waals surface area contributed by atoms with Crippen molar-refractivity contribution in [2.75, 3.05) is 7.11 Å². The van der Waals surface area contributed by atoms with Gasteiger partial charge in [0.1, 0.15) is 11.5 Å². The van der Waals surface area contributed by atoms with E-state index in [9.17, 15) is 5.11 Å². The highest BCUT2D eigenvalue weighted by molar-refractivity contribution is 5.31. The highest BCUT2D eigenvalue weighted by Crippen LogP contribution is 2.16. The van der Waals surface area contributed by atoms with Gasteiger partial charge in [0.05, 0.1) is 12.8 Å². The first-order valence-corrected chi connectivity index (χ1v) is 6.18. The number of methoxy groups -OCH3 is 1. The van der Waals surface area contributed by atoms with Crippen LogP contribution < -0.4 is 10.1 Å². The molecular formula is C15H18N2O2. The van der Waals surface area contributed by atoms with Crippen molar-refractivity contribution in [3.63, 3.8) is 0 Å². The molecule has 2 rings (SSSR count). The molecule has 0 atom stereocenters. The van der Waals surface area contributed by atoms with Gasteiger partial charge >= 0.3 is 0 Å². The van der Waals surface area contributed by atoms with Gasteiger partial charge < -0.3 is 15.2 Å². The third kappa shape index (κ3) is 3.69. The number of nitrogens with zero attached hydrogens (tertiary/aromatic N) is 1. The van der Waals surface area contributed by atoms with Gasteiger partial charge in [0, 0.05) is 36.5 Å². The average molecular weight is 258 g/mol. The van der Waals surface area contributed by atoms with E-state index >= 15 is 0 Å². The number of pyridine rings is 1. The number of phenolic OH excluding ortho intramolecular Hbond substituents is 1. The first-order valence-electron chi connectivity index (χ1n) is 6.18. The summed E-state index contributed by atoms with van der Waals surface area (Å²) in [4.78, 5) is 4.43. The topological polar surface area (TPSA) is 54.4 Å². The maximum atomic E-state index is 9.66. The number of hydrogen-bond acceptors (Lipinski definition) is 4. The summed E-state index contributed by atoms with van der Waals surface area (Å²) in [6.45, 7) is 3.17. The zero-order valence-corrected chi connectivity index (χ0v) is 11.2. The molecule has 0 unspecified atom stereocenters. The molecule has 0 amide bonds. The second-order valence-corrected chi connectivity index (χ2v) is 4.37. The van der Waals surface area contributed by atoms with E-state index in [2.05, 4.69) is 10.3 Å². The second-order valence-electron chi connectivity index (χ2n) is 4.37. The molecule has 0 aliphatic rings. The molecule has 0 saturated carbocycles. The van der Waals surface area contributed by atoms with Gasteiger partial charge in [-0.05, 0) is 13.0 Å². The summed E-state index contributed by atoms with van der Waals surface area (Å²) in [5, 5.41) is 12.9. The first kappa shape index (κ1) is 13.4. The van der Waals surface area contributed by atoms with Gasteiger partial charge in [0.15, 0.2) is 0 Å². The smallest absolute Gasteiger partial charge is 0.122 e. The van der Waals surface area contributed by atoms with E-state index in [-0.39, 0.29) is 0 Å². The van der Waals surface area contributed by atoms with E-state index in [4.69, 9.17) is 4.74 Å². The van der Waals surface area contributed by atoms with Gasteiger partial charge in [0.25, 0.3) is 0 Å². The van der Waals surface area contributed by atoms with Crippen molar-refractivity contribution in [3.8, 4) is 11.5 Å². The minimum absolute atomic E-state index is 0.310. The van der Waals surface area contributed by atoms with E-state index in [1.54, 1.807) is 13.2 Å². The predicted octanol–water partition coefficient (Wildman–Crippen LogP) is 2.39. The number of hydrogen-bond donors (Lipinski definition) is 2. The number of ether oxygens (including phenoxy) is 1. The molecule has 2 N–H and O–H groups in total. The highest BCUT2D eigenvalue weighted by atomic mass is 16.5. The molecule has 4 heteroatoms. The fraction of sp³-hybridized carbons (Fsp3) is 0.267. The second kappa shape index (κ2) is 6.20. The van der Waals surface area contributed by atoms with Crippen LogP contribution in [-0.4, -0.2) is 17.2 Å². The molecule has 0 spiro atoms. The molecule has 4 nitrogen and oxygen atoms in total. The Morgan fingerprint density at radius 1 is 1.21 bits per heavy atom. The zero-order valence-electron chi connectivity index (χ0n) is 11.2. The third-order valence-corrected chi connectivity index (χ3v) is 2.83. The first-order chi connectivity index (χ1) is 9.19. The number of aromatic nitrogens is 1. The monoisotopic (exact) mass is 258 g/mol. The molecule has 1 aromatic carbocycles. The minimum Gasteiger partial charge on any atom is -0.508 e. The van der Waals surface area contributed by atoms with Crippen LogP contribution in [0.15, 0.2) is 36.4 Å². The molecule has 1 heterocycles. The summed E-state index contributed by atoms with van der Waals surface area (Å²) < 4.78 is 5.21. The standard InChI is InChI=1S/C15H18N2O2/c1-11-7-14(19-2)8-13(17-11)10-16-9-12-5-3-4-6-15(12)18/h3-8,16,18H,9-10H2,1-2H3. The van der Waals surface area contributed by atoms with Gasteiger partial charge in [-0.2, -0.15) is 0 Å². The van der Waals surface area contributed by atoms with E-state index in [0.717, 1.165) is 22.7 Å². The van der Waals surface area contributed by atoms with Crippen LogP contribution in [0.2, 0.25) is 0 Å². The Hall–Kier alpha value is -2.07. The molecule has 2 aromatic rings. The van der Waals surface area contributed by atoms with Crippen molar-refractivity contribution in [1.29, 1.82) is 0 Å². The number of aryl methyl sites for hydroxylation is 1. The molecule has 0 aliphatic carbocycles. The van der Waals surface area contributed by atoms with Crippen LogP contribution in [0.4, 0.5) is 0 Å². The summed E-state index contributed by atoms with van der Waals surface area (Å²) in [5.74, 6) is 1.12. The van der Waals surface area contributed by atoms with Crippen molar-refractivity contribution >= 4 is 0 Å². The number of para-hydroxylation sites is 1. The molecule has 0 bridgehead atoms. The largest absolute Gasteiger partial charge is 0.508 e. The number of phenols is 1. The lowest BCUT2D eigenvalue weighted by molar-refractivity contribution is 0.412. The summed E-state index contributed by atoms with van der Waals surface area (Å²) in [5.41, 5.74) is 2.73. The van der Waals surface area contributed by atoms with E-state index in [0.29, 0.717) is 18.8 Å². The fourth-order valence-electron chi connectivity index (χ4n) is 1.90. The van der Waals surface area contributed by atoms with Crippen molar-refractivity contribution in [2.45, 2.75) is 20.0 Å². The van der Waals surface area contributed by atoms with Gasteiger partial charge in [-0.15, -0.1) is 0 Å². The quantitative estimate of drug-likeness (QED) is 0.864. The van der Waals surface area contributed by atoms with Crippen molar-refractivity contribution in [1.82, 2.24) is 10.3 Å². The van der Waals surface area contributed by atoms with Gasteiger partial charge in [-0.1, -0.05) is 18.2 Å². The van der Waals surface area contributed by atoms with Gasteiger partial charge in [-0.25, -0.2) is 0 Å². The lowest BCUT2D eigenvalue weighted by Gasteiger charge is -2.08. The molecule has 19 heavy (non-hydrogen) atoms.